The number of carbonyl (C=O) groups is 1. The van der Waals surface area contributed by atoms with E-state index in [1.807, 2.05) is 16.8 Å². The predicted molar refractivity (Wildman–Crippen MR) is 53.3 cm³/mol. The van der Waals surface area contributed by atoms with Crippen LogP contribution in [0.3, 0.4) is 0 Å². The van der Waals surface area contributed by atoms with E-state index in [0.29, 0.717) is 12.1 Å². The van der Waals surface area contributed by atoms with Gasteiger partial charge >= 0.3 is 0 Å². The van der Waals surface area contributed by atoms with E-state index in [2.05, 4.69) is 5.32 Å². The van der Waals surface area contributed by atoms with E-state index in [0.717, 1.165) is 0 Å². The summed E-state index contributed by atoms with van der Waals surface area (Å²) in [5.74, 6) is -0.106. The number of nitrogens with two attached hydrogens (primary N) is 1. The molecule has 1 amide bonds. The van der Waals surface area contributed by atoms with E-state index in [-0.39, 0.29) is 24.0 Å². The normalized spacial score (nSPS) is 38.4. The molecule has 3 rings (SSSR count). The van der Waals surface area contributed by atoms with Crippen LogP contribution in [0.25, 0.3) is 0 Å². The minimum Gasteiger partial charge on any atom is -0.391 e. The van der Waals surface area contributed by atoms with Gasteiger partial charge < -0.3 is 20.7 Å². The van der Waals surface area contributed by atoms with Gasteiger partial charge in [-0.15, -0.1) is 0 Å². The van der Waals surface area contributed by atoms with Gasteiger partial charge in [0.1, 0.15) is 5.69 Å². The van der Waals surface area contributed by atoms with E-state index in [4.69, 9.17) is 5.73 Å². The molecule has 4 N–H and O–H groups in total. The third kappa shape index (κ3) is 1.07. The van der Waals surface area contributed by atoms with Crippen LogP contribution in [0.4, 0.5) is 0 Å². The van der Waals surface area contributed by atoms with Crippen molar-refractivity contribution in [3.8, 4) is 0 Å². The Balaban J connectivity index is 2.07. The first kappa shape index (κ1) is 8.94. The molecule has 4 atom stereocenters. The van der Waals surface area contributed by atoms with Crippen LogP contribution >= 0.6 is 0 Å². The fraction of sp³-hybridized carbons (Fsp3) is 0.500. The smallest absolute Gasteiger partial charge is 0.268 e. The lowest BCUT2D eigenvalue weighted by Gasteiger charge is -2.31. The van der Waals surface area contributed by atoms with Gasteiger partial charge in [-0.1, -0.05) is 0 Å². The second-order valence-electron chi connectivity index (χ2n) is 4.25. The molecule has 2 heterocycles. The lowest BCUT2D eigenvalue weighted by molar-refractivity contribution is 0.0881. The van der Waals surface area contributed by atoms with Crippen molar-refractivity contribution in [2.45, 2.75) is 30.7 Å². The van der Waals surface area contributed by atoms with Crippen molar-refractivity contribution in [2.75, 3.05) is 0 Å². The van der Waals surface area contributed by atoms with Crippen LogP contribution in [0.5, 0.6) is 0 Å². The number of hydrogen-bond acceptors (Lipinski definition) is 3. The van der Waals surface area contributed by atoms with Gasteiger partial charge in [-0.05, 0) is 18.6 Å². The average Bonchev–Trinajstić information content (AvgIpc) is 2.77. The van der Waals surface area contributed by atoms with Crippen LogP contribution in [-0.2, 0) is 0 Å². The number of aromatic nitrogens is 1. The summed E-state index contributed by atoms with van der Waals surface area (Å²) in [4.78, 5) is 11.7. The molecule has 0 spiro atoms. The maximum atomic E-state index is 11.7. The molecule has 1 aromatic heterocycles. The lowest BCUT2D eigenvalue weighted by Crippen LogP contribution is -2.53. The quantitative estimate of drug-likeness (QED) is 0.522. The Morgan fingerprint density at radius 3 is 3.20 bits per heavy atom. The summed E-state index contributed by atoms with van der Waals surface area (Å²) in [7, 11) is 0. The number of nitrogens with zero attached hydrogens (tertiary/aromatic N) is 1. The molecule has 4 unspecified atom stereocenters. The summed E-state index contributed by atoms with van der Waals surface area (Å²) in [6.07, 6.45) is 1.94. The maximum absolute atomic E-state index is 11.7. The summed E-state index contributed by atoms with van der Waals surface area (Å²) in [5.41, 5.74) is 6.49. The highest BCUT2D eigenvalue weighted by molar-refractivity contribution is 5.94. The van der Waals surface area contributed by atoms with Gasteiger partial charge in [0, 0.05) is 6.20 Å². The van der Waals surface area contributed by atoms with Crippen LogP contribution in [0, 0.1) is 0 Å². The molecule has 0 radical (unpaired) electrons. The standard InChI is InChI=1S/C10H13N3O2/c11-8-7(14)4-6-9(8)12-10(15)5-2-1-3-13(5)6/h1-3,6-9,14H,4,11H2,(H,12,15). The third-order valence-electron chi connectivity index (χ3n) is 3.42. The molecule has 1 aliphatic carbocycles. The molecule has 15 heavy (non-hydrogen) atoms. The molecule has 0 saturated heterocycles. The minimum absolute atomic E-state index is 0.0951. The topological polar surface area (TPSA) is 80.3 Å². The molecule has 0 bridgehead atoms. The monoisotopic (exact) mass is 207 g/mol. The Morgan fingerprint density at radius 2 is 2.40 bits per heavy atom. The van der Waals surface area contributed by atoms with Crippen molar-refractivity contribution in [1.29, 1.82) is 0 Å². The number of fused-ring (bicyclic) bond motifs is 3. The number of hydrogen-bond donors (Lipinski definition) is 3. The number of nitrogens with one attached hydrogen (secondary N) is 1. The first-order valence-electron chi connectivity index (χ1n) is 5.10. The molecule has 2 aliphatic rings. The number of carbonyl (C=O) groups excluding carboxylic acids is 1. The zero-order valence-corrected chi connectivity index (χ0v) is 8.13. The maximum Gasteiger partial charge on any atom is 0.268 e. The number of rotatable bonds is 0. The van der Waals surface area contributed by atoms with Crippen LogP contribution in [0.1, 0.15) is 23.0 Å². The molecule has 0 aromatic carbocycles. The predicted octanol–water partition coefficient (Wildman–Crippen LogP) is -0.767. The minimum atomic E-state index is -0.534. The number of aliphatic hydroxyl groups is 1. The van der Waals surface area contributed by atoms with Crippen molar-refractivity contribution < 1.29 is 9.90 Å². The van der Waals surface area contributed by atoms with E-state index in [1.54, 1.807) is 6.07 Å². The van der Waals surface area contributed by atoms with Gasteiger partial charge in [0.05, 0.1) is 24.2 Å². The SMILES string of the molecule is NC1C(O)CC2C1NC(=O)c1cccn12. The van der Waals surface area contributed by atoms with Gasteiger partial charge in [0.2, 0.25) is 0 Å². The summed E-state index contributed by atoms with van der Waals surface area (Å²) in [5, 5.41) is 12.5. The average molecular weight is 207 g/mol. The van der Waals surface area contributed by atoms with E-state index >= 15 is 0 Å². The molecular weight excluding hydrogens is 194 g/mol. The van der Waals surface area contributed by atoms with Crippen molar-refractivity contribution in [2.24, 2.45) is 5.73 Å². The van der Waals surface area contributed by atoms with E-state index in [9.17, 15) is 9.90 Å². The Morgan fingerprint density at radius 1 is 1.60 bits per heavy atom. The third-order valence-corrected chi connectivity index (χ3v) is 3.42. The van der Waals surface area contributed by atoms with Gasteiger partial charge in [-0.3, -0.25) is 4.79 Å². The fourth-order valence-electron chi connectivity index (χ4n) is 2.63. The Labute approximate surface area is 86.9 Å². The molecule has 1 fully saturated rings. The Hall–Kier alpha value is -1.33. The van der Waals surface area contributed by atoms with Crippen LogP contribution < -0.4 is 11.1 Å². The second-order valence-corrected chi connectivity index (χ2v) is 4.25. The first-order valence-corrected chi connectivity index (χ1v) is 5.10. The largest absolute Gasteiger partial charge is 0.391 e. The molecule has 5 nitrogen and oxygen atoms in total. The molecule has 1 saturated carbocycles. The van der Waals surface area contributed by atoms with Crippen molar-refractivity contribution in [3.05, 3.63) is 24.0 Å². The molecule has 1 aliphatic heterocycles. The van der Waals surface area contributed by atoms with E-state index < -0.39 is 6.10 Å². The molecular formula is C10H13N3O2. The number of aliphatic hydroxyl groups excluding tert-OH is 1. The van der Waals surface area contributed by atoms with Crippen LogP contribution in [0.15, 0.2) is 18.3 Å². The van der Waals surface area contributed by atoms with Crippen molar-refractivity contribution in [3.63, 3.8) is 0 Å². The molecule has 80 valence electrons. The highest BCUT2D eigenvalue weighted by atomic mass is 16.3. The first-order chi connectivity index (χ1) is 7.18. The van der Waals surface area contributed by atoms with Crippen LogP contribution in [0.2, 0.25) is 0 Å². The zero-order valence-electron chi connectivity index (χ0n) is 8.13. The summed E-state index contributed by atoms with van der Waals surface area (Å²) >= 11 is 0. The fourth-order valence-corrected chi connectivity index (χ4v) is 2.63. The molecule has 1 aromatic rings. The van der Waals surface area contributed by atoms with Crippen molar-refractivity contribution >= 4 is 5.91 Å². The number of amides is 1. The summed E-state index contributed by atoms with van der Waals surface area (Å²) < 4.78 is 1.92. The summed E-state index contributed by atoms with van der Waals surface area (Å²) in [6.45, 7) is 0. The Kier molecular flexibility index (Phi) is 1.69. The van der Waals surface area contributed by atoms with E-state index in [1.165, 1.54) is 0 Å². The Bertz CT molecular complexity index is 415. The van der Waals surface area contributed by atoms with Gasteiger partial charge in [0.25, 0.3) is 5.91 Å². The van der Waals surface area contributed by atoms with Gasteiger partial charge in [0.15, 0.2) is 0 Å². The highest BCUT2D eigenvalue weighted by Crippen LogP contribution is 2.33. The van der Waals surface area contributed by atoms with Gasteiger partial charge in [-0.2, -0.15) is 0 Å². The summed E-state index contributed by atoms with van der Waals surface area (Å²) in [6, 6.07) is 3.20. The zero-order chi connectivity index (χ0) is 10.6. The van der Waals surface area contributed by atoms with Crippen molar-refractivity contribution in [1.82, 2.24) is 9.88 Å². The lowest BCUT2D eigenvalue weighted by atomic mass is 10.1. The molecule has 5 heteroatoms. The van der Waals surface area contributed by atoms with Crippen LogP contribution in [-0.4, -0.2) is 33.8 Å². The highest BCUT2D eigenvalue weighted by Gasteiger charge is 2.45. The second kappa shape index (κ2) is 2.84. The van der Waals surface area contributed by atoms with Gasteiger partial charge in [-0.25, -0.2) is 0 Å².